The number of carbonyl (C=O) groups is 1. The molecule has 5 nitrogen and oxygen atoms in total. The summed E-state index contributed by atoms with van der Waals surface area (Å²) in [5, 5.41) is 10.7. The molecule has 1 aromatic carbocycles. The first-order valence-electron chi connectivity index (χ1n) is 6.21. The van der Waals surface area contributed by atoms with Crippen LogP contribution in [0.25, 0.3) is 0 Å². The van der Waals surface area contributed by atoms with Crippen LogP contribution in [0.15, 0.2) is 18.2 Å². The molecule has 0 amide bonds. The number of esters is 1. The lowest BCUT2D eigenvalue weighted by molar-refractivity contribution is -0.155. The lowest BCUT2D eigenvalue weighted by atomic mass is 9.81. The van der Waals surface area contributed by atoms with Crippen molar-refractivity contribution < 1.29 is 24.1 Å². The molecule has 0 aliphatic carbocycles. The van der Waals surface area contributed by atoms with Gasteiger partial charge in [0.15, 0.2) is 11.5 Å². The minimum atomic E-state index is -1.32. The molecule has 1 aliphatic heterocycles. The Bertz CT molecular complexity index is 481. The minimum Gasteiger partial charge on any atom is -0.469 e. The van der Waals surface area contributed by atoms with E-state index in [2.05, 4.69) is 0 Å². The van der Waals surface area contributed by atoms with E-state index in [4.69, 9.17) is 14.2 Å². The molecule has 1 N–H and O–H groups in total. The normalized spacial score (nSPS) is 17.7. The molecule has 0 fully saturated rings. The summed E-state index contributed by atoms with van der Waals surface area (Å²) in [6.45, 7) is 3.62. The number of ether oxygens (including phenoxy) is 3. The maximum absolute atomic E-state index is 11.8. The number of hydrogen-bond donors (Lipinski definition) is 1. The molecule has 2 unspecified atom stereocenters. The smallest absolute Gasteiger partial charge is 0.311 e. The van der Waals surface area contributed by atoms with Crippen LogP contribution in [0.4, 0.5) is 0 Å². The van der Waals surface area contributed by atoms with Crippen LogP contribution in [0.5, 0.6) is 11.5 Å². The monoisotopic (exact) mass is 266 g/mol. The molecule has 19 heavy (non-hydrogen) atoms. The van der Waals surface area contributed by atoms with Gasteiger partial charge in [-0.05, 0) is 31.0 Å². The van der Waals surface area contributed by atoms with Gasteiger partial charge in [-0.2, -0.15) is 0 Å². The topological polar surface area (TPSA) is 65.0 Å². The highest BCUT2D eigenvalue weighted by Gasteiger charge is 2.39. The summed E-state index contributed by atoms with van der Waals surface area (Å²) in [7, 11) is 1.32. The maximum Gasteiger partial charge on any atom is 0.311 e. The van der Waals surface area contributed by atoms with Crippen molar-refractivity contribution in [2.24, 2.45) is 5.92 Å². The molecule has 1 aromatic rings. The lowest BCUT2D eigenvalue weighted by Gasteiger charge is -2.30. The third kappa shape index (κ3) is 2.38. The van der Waals surface area contributed by atoms with Crippen LogP contribution in [0, 0.1) is 5.92 Å². The van der Waals surface area contributed by atoms with Crippen molar-refractivity contribution in [2.45, 2.75) is 25.9 Å². The molecule has 0 aromatic heterocycles. The fourth-order valence-electron chi connectivity index (χ4n) is 2.35. The predicted octanol–water partition coefficient (Wildman–Crippen LogP) is 1.82. The van der Waals surface area contributed by atoms with Gasteiger partial charge in [-0.25, -0.2) is 0 Å². The zero-order chi connectivity index (χ0) is 14.0. The molecule has 0 spiro atoms. The zero-order valence-electron chi connectivity index (χ0n) is 11.3. The summed E-state index contributed by atoms with van der Waals surface area (Å²) in [4.78, 5) is 11.8. The highest BCUT2D eigenvalue weighted by Crippen LogP contribution is 2.39. The van der Waals surface area contributed by atoms with Gasteiger partial charge >= 0.3 is 5.97 Å². The Morgan fingerprint density at radius 1 is 1.47 bits per heavy atom. The van der Waals surface area contributed by atoms with E-state index in [-0.39, 0.29) is 6.79 Å². The second-order valence-electron chi connectivity index (χ2n) is 4.70. The van der Waals surface area contributed by atoms with Crippen molar-refractivity contribution in [1.29, 1.82) is 0 Å². The Balaban J connectivity index is 2.35. The molecule has 5 heteroatoms. The number of aliphatic hydroxyl groups is 1. The van der Waals surface area contributed by atoms with E-state index in [0.717, 1.165) is 0 Å². The van der Waals surface area contributed by atoms with Gasteiger partial charge in [0.05, 0.1) is 13.0 Å². The zero-order valence-corrected chi connectivity index (χ0v) is 11.3. The van der Waals surface area contributed by atoms with Crippen LogP contribution in [0.3, 0.4) is 0 Å². The average molecular weight is 266 g/mol. The van der Waals surface area contributed by atoms with E-state index in [9.17, 15) is 9.90 Å². The molecule has 1 aliphatic rings. The van der Waals surface area contributed by atoms with E-state index in [1.54, 1.807) is 25.1 Å². The van der Waals surface area contributed by atoms with Crippen LogP contribution in [0.1, 0.15) is 25.8 Å². The Hall–Kier alpha value is -1.75. The fraction of sp³-hybridized carbons (Fsp3) is 0.500. The second-order valence-corrected chi connectivity index (χ2v) is 4.70. The van der Waals surface area contributed by atoms with Crippen molar-refractivity contribution in [3.8, 4) is 11.5 Å². The third-order valence-corrected chi connectivity index (χ3v) is 3.53. The molecular weight excluding hydrogens is 248 g/mol. The molecule has 1 heterocycles. The van der Waals surface area contributed by atoms with Gasteiger partial charge in [0.1, 0.15) is 5.60 Å². The third-order valence-electron chi connectivity index (χ3n) is 3.53. The highest BCUT2D eigenvalue weighted by atomic mass is 16.7. The van der Waals surface area contributed by atoms with Gasteiger partial charge in [-0.3, -0.25) is 4.79 Å². The number of rotatable bonds is 4. The Labute approximate surface area is 112 Å². The van der Waals surface area contributed by atoms with Crippen LogP contribution in [-0.2, 0) is 15.1 Å². The standard InChI is InChI=1S/C14H18O5/c1-4-10(13(15)17-3)14(2,16)9-5-6-11-12(7-9)19-8-18-11/h5-7,10,16H,4,8H2,1-3H3. The van der Waals surface area contributed by atoms with Gasteiger partial charge in [0, 0.05) is 0 Å². The predicted molar refractivity (Wildman–Crippen MR) is 67.9 cm³/mol. The van der Waals surface area contributed by atoms with Crippen molar-refractivity contribution in [3.63, 3.8) is 0 Å². The molecule has 0 saturated heterocycles. The summed E-state index contributed by atoms with van der Waals surface area (Å²) < 4.78 is 15.3. The van der Waals surface area contributed by atoms with Gasteiger partial charge < -0.3 is 19.3 Å². The number of benzene rings is 1. The van der Waals surface area contributed by atoms with Crippen molar-refractivity contribution in [2.75, 3.05) is 13.9 Å². The van der Waals surface area contributed by atoms with E-state index in [1.807, 2.05) is 6.92 Å². The van der Waals surface area contributed by atoms with Gasteiger partial charge in [-0.1, -0.05) is 13.0 Å². The van der Waals surface area contributed by atoms with E-state index >= 15 is 0 Å². The van der Waals surface area contributed by atoms with Gasteiger partial charge in [0.25, 0.3) is 0 Å². The largest absolute Gasteiger partial charge is 0.469 e. The van der Waals surface area contributed by atoms with E-state index < -0.39 is 17.5 Å². The van der Waals surface area contributed by atoms with Gasteiger partial charge in [-0.15, -0.1) is 0 Å². The summed E-state index contributed by atoms with van der Waals surface area (Å²) in [5.41, 5.74) is -0.711. The molecular formula is C14H18O5. The molecule has 0 bridgehead atoms. The fourth-order valence-corrected chi connectivity index (χ4v) is 2.35. The summed E-state index contributed by atoms with van der Waals surface area (Å²) in [6, 6.07) is 5.17. The Kier molecular flexibility index (Phi) is 3.66. The maximum atomic E-state index is 11.8. The first-order chi connectivity index (χ1) is 9.00. The quantitative estimate of drug-likeness (QED) is 0.842. The van der Waals surface area contributed by atoms with Crippen LogP contribution >= 0.6 is 0 Å². The molecule has 104 valence electrons. The van der Waals surface area contributed by atoms with Crippen molar-refractivity contribution in [1.82, 2.24) is 0 Å². The molecule has 0 saturated carbocycles. The first kappa shape index (κ1) is 13.7. The van der Waals surface area contributed by atoms with E-state index in [1.165, 1.54) is 7.11 Å². The Morgan fingerprint density at radius 2 is 2.16 bits per heavy atom. The van der Waals surface area contributed by atoms with Gasteiger partial charge in [0.2, 0.25) is 6.79 Å². The summed E-state index contributed by atoms with van der Waals surface area (Å²) in [5.74, 6) is 0.172. The lowest BCUT2D eigenvalue weighted by Crippen LogP contribution is -2.37. The van der Waals surface area contributed by atoms with E-state index in [0.29, 0.717) is 23.5 Å². The second kappa shape index (κ2) is 5.09. The number of carbonyl (C=O) groups excluding carboxylic acids is 1. The molecule has 0 radical (unpaired) electrons. The van der Waals surface area contributed by atoms with Crippen LogP contribution in [0.2, 0.25) is 0 Å². The number of fused-ring (bicyclic) bond motifs is 1. The first-order valence-corrected chi connectivity index (χ1v) is 6.21. The summed E-state index contributed by atoms with van der Waals surface area (Å²) in [6.07, 6.45) is 0.480. The van der Waals surface area contributed by atoms with Crippen LogP contribution in [-0.4, -0.2) is 25.0 Å². The van der Waals surface area contributed by atoms with Crippen LogP contribution < -0.4 is 9.47 Å². The SMILES string of the molecule is CCC(C(=O)OC)C(C)(O)c1ccc2c(c1)OCO2. The Morgan fingerprint density at radius 3 is 2.79 bits per heavy atom. The summed E-state index contributed by atoms with van der Waals surface area (Å²) >= 11 is 0. The average Bonchev–Trinajstić information content (AvgIpc) is 2.86. The van der Waals surface area contributed by atoms with Crippen molar-refractivity contribution in [3.05, 3.63) is 23.8 Å². The van der Waals surface area contributed by atoms with Crippen molar-refractivity contribution >= 4 is 5.97 Å². The highest BCUT2D eigenvalue weighted by molar-refractivity contribution is 5.74. The number of hydrogen-bond acceptors (Lipinski definition) is 5. The minimum absolute atomic E-state index is 0.176. The number of methoxy groups -OCH3 is 1. The molecule has 2 rings (SSSR count). The molecule has 2 atom stereocenters.